The zero-order valence-electron chi connectivity index (χ0n) is 15.0. The van der Waals surface area contributed by atoms with Gasteiger partial charge in [-0.1, -0.05) is 96.1 Å². The van der Waals surface area contributed by atoms with Crippen molar-refractivity contribution in [1.29, 1.82) is 0 Å². The molecule has 0 saturated carbocycles. The van der Waals surface area contributed by atoms with Crippen LogP contribution < -0.4 is 0 Å². The van der Waals surface area contributed by atoms with E-state index in [1.54, 1.807) is 0 Å². The Morgan fingerprint density at radius 1 is 0.654 bits per heavy atom. The van der Waals surface area contributed by atoms with Crippen LogP contribution in [0.15, 0.2) is 84.9 Å². The second-order valence-corrected chi connectivity index (χ2v) is 6.77. The van der Waals surface area contributed by atoms with Crippen molar-refractivity contribution in [3.05, 3.63) is 107 Å². The van der Waals surface area contributed by atoms with Gasteiger partial charge in [-0.15, -0.1) is 0 Å². The molecule has 0 spiro atoms. The van der Waals surface area contributed by atoms with E-state index in [0.717, 1.165) is 38.6 Å². The van der Waals surface area contributed by atoms with Crippen molar-refractivity contribution in [2.24, 2.45) is 0 Å². The van der Waals surface area contributed by atoms with Crippen molar-refractivity contribution in [1.82, 2.24) is 0 Å². The van der Waals surface area contributed by atoms with Gasteiger partial charge in [0.15, 0.2) is 5.78 Å². The standard InChI is InChI=1S/C25H20O/c1-17-7-11-20(12-8-17)23-16-15-19-5-3-4-6-22(19)24(23)25(26)21-13-9-18(2)10-14-21/h3-16H,1-2H3. The van der Waals surface area contributed by atoms with E-state index in [0.29, 0.717) is 0 Å². The lowest BCUT2D eigenvalue weighted by Crippen LogP contribution is -2.05. The Bertz CT molecular complexity index is 1090. The van der Waals surface area contributed by atoms with Crippen LogP contribution >= 0.6 is 0 Å². The lowest BCUT2D eigenvalue weighted by atomic mass is 9.89. The van der Waals surface area contributed by atoms with Gasteiger partial charge in [0.05, 0.1) is 0 Å². The third-order valence-corrected chi connectivity index (χ3v) is 4.83. The third-order valence-electron chi connectivity index (χ3n) is 4.83. The monoisotopic (exact) mass is 336 g/mol. The number of aryl methyl sites for hydroxylation is 2. The molecule has 0 heterocycles. The van der Waals surface area contributed by atoms with Crippen molar-refractivity contribution >= 4 is 16.6 Å². The minimum atomic E-state index is 0.0670. The second kappa shape index (κ2) is 6.61. The molecule has 0 amide bonds. The van der Waals surface area contributed by atoms with E-state index in [4.69, 9.17) is 0 Å². The Kier molecular flexibility index (Phi) is 4.14. The molecule has 1 heteroatoms. The summed E-state index contributed by atoms with van der Waals surface area (Å²) in [5.41, 5.74) is 5.90. The van der Waals surface area contributed by atoms with Crippen LogP contribution in [-0.4, -0.2) is 5.78 Å². The first-order valence-corrected chi connectivity index (χ1v) is 8.83. The number of hydrogen-bond donors (Lipinski definition) is 0. The van der Waals surface area contributed by atoms with Gasteiger partial charge in [-0.2, -0.15) is 0 Å². The average molecular weight is 336 g/mol. The predicted molar refractivity (Wildman–Crippen MR) is 109 cm³/mol. The molecule has 1 nitrogen and oxygen atoms in total. The van der Waals surface area contributed by atoms with E-state index in [-0.39, 0.29) is 5.78 Å². The molecule has 0 aliphatic carbocycles. The Morgan fingerprint density at radius 3 is 1.96 bits per heavy atom. The summed E-state index contributed by atoms with van der Waals surface area (Å²) >= 11 is 0. The van der Waals surface area contributed by atoms with Gasteiger partial charge in [-0.25, -0.2) is 0 Å². The number of hydrogen-bond acceptors (Lipinski definition) is 1. The molecule has 0 saturated heterocycles. The molecule has 0 atom stereocenters. The minimum absolute atomic E-state index is 0.0670. The van der Waals surface area contributed by atoms with E-state index < -0.39 is 0 Å². The highest BCUT2D eigenvalue weighted by atomic mass is 16.1. The Labute approximate surface area is 153 Å². The second-order valence-electron chi connectivity index (χ2n) is 6.77. The van der Waals surface area contributed by atoms with Gasteiger partial charge < -0.3 is 0 Å². The van der Waals surface area contributed by atoms with Gasteiger partial charge in [0.2, 0.25) is 0 Å². The fraction of sp³-hybridized carbons (Fsp3) is 0.0800. The van der Waals surface area contributed by atoms with Gasteiger partial charge >= 0.3 is 0 Å². The maximum Gasteiger partial charge on any atom is 0.194 e. The van der Waals surface area contributed by atoms with Crippen LogP contribution in [-0.2, 0) is 0 Å². The van der Waals surface area contributed by atoms with Gasteiger partial charge in [0, 0.05) is 11.1 Å². The molecule has 0 aliphatic rings. The summed E-state index contributed by atoms with van der Waals surface area (Å²) in [5, 5.41) is 2.08. The average Bonchev–Trinajstić information content (AvgIpc) is 2.68. The Balaban J connectivity index is 1.98. The van der Waals surface area contributed by atoms with Crippen molar-refractivity contribution < 1.29 is 4.79 Å². The van der Waals surface area contributed by atoms with E-state index >= 15 is 0 Å². The molecule has 0 N–H and O–H groups in total. The quantitative estimate of drug-likeness (QED) is 0.398. The highest BCUT2D eigenvalue weighted by Gasteiger charge is 2.18. The summed E-state index contributed by atoms with van der Waals surface area (Å²) in [6.07, 6.45) is 0. The zero-order valence-corrected chi connectivity index (χ0v) is 15.0. The van der Waals surface area contributed by atoms with E-state index in [9.17, 15) is 4.79 Å². The highest BCUT2D eigenvalue weighted by molar-refractivity contribution is 6.20. The van der Waals surface area contributed by atoms with Crippen LogP contribution in [0.1, 0.15) is 27.0 Å². The zero-order chi connectivity index (χ0) is 18.1. The van der Waals surface area contributed by atoms with Crippen LogP contribution in [0.5, 0.6) is 0 Å². The maximum atomic E-state index is 13.4. The Morgan fingerprint density at radius 2 is 1.27 bits per heavy atom. The van der Waals surface area contributed by atoms with Gasteiger partial charge in [-0.3, -0.25) is 4.79 Å². The molecule has 26 heavy (non-hydrogen) atoms. The Hall–Kier alpha value is -3.19. The molecule has 126 valence electrons. The first-order valence-electron chi connectivity index (χ1n) is 8.83. The molecule has 0 unspecified atom stereocenters. The summed E-state index contributed by atoms with van der Waals surface area (Å²) in [6, 6.07) is 28.4. The molecule has 0 aromatic heterocycles. The topological polar surface area (TPSA) is 17.1 Å². The molecule has 0 fully saturated rings. The van der Waals surface area contributed by atoms with E-state index in [1.807, 2.05) is 49.4 Å². The van der Waals surface area contributed by atoms with Crippen LogP contribution in [0.25, 0.3) is 21.9 Å². The molecule has 4 aromatic rings. The van der Waals surface area contributed by atoms with Crippen molar-refractivity contribution in [3.63, 3.8) is 0 Å². The SMILES string of the molecule is Cc1ccc(C(=O)c2c(-c3ccc(C)cc3)ccc3ccccc23)cc1. The largest absolute Gasteiger partial charge is 0.289 e. The van der Waals surface area contributed by atoms with Crippen LogP contribution in [0.2, 0.25) is 0 Å². The number of ketones is 1. The normalized spacial score (nSPS) is 10.8. The number of benzene rings is 4. The minimum Gasteiger partial charge on any atom is -0.289 e. The van der Waals surface area contributed by atoms with Gasteiger partial charge in [0.25, 0.3) is 0 Å². The fourth-order valence-electron chi connectivity index (χ4n) is 3.34. The number of carbonyl (C=O) groups excluding carboxylic acids is 1. The fourth-order valence-corrected chi connectivity index (χ4v) is 3.34. The first kappa shape index (κ1) is 16.3. The van der Waals surface area contributed by atoms with Crippen LogP contribution in [0.4, 0.5) is 0 Å². The first-order chi connectivity index (χ1) is 12.6. The smallest absolute Gasteiger partial charge is 0.194 e. The van der Waals surface area contributed by atoms with Crippen molar-refractivity contribution in [2.45, 2.75) is 13.8 Å². The molecule has 0 radical (unpaired) electrons. The lowest BCUT2D eigenvalue weighted by molar-refractivity contribution is 0.104. The van der Waals surface area contributed by atoms with Crippen molar-refractivity contribution in [3.8, 4) is 11.1 Å². The van der Waals surface area contributed by atoms with Gasteiger partial charge in [0.1, 0.15) is 0 Å². The summed E-state index contributed by atoms with van der Waals surface area (Å²) in [5.74, 6) is 0.0670. The van der Waals surface area contributed by atoms with Crippen molar-refractivity contribution in [2.75, 3.05) is 0 Å². The highest BCUT2D eigenvalue weighted by Crippen LogP contribution is 2.32. The number of fused-ring (bicyclic) bond motifs is 1. The number of rotatable bonds is 3. The molecule has 0 bridgehead atoms. The molecular weight excluding hydrogens is 316 g/mol. The summed E-state index contributed by atoms with van der Waals surface area (Å²) < 4.78 is 0. The van der Waals surface area contributed by atoms with Gasteiger partial charge in [-0.05, 0) is 35.7 Å². The molecule has 4 rings (SSSR count). The molecule has 0 aliphatic heterocycles. The summed E-state index contributed by atoms with van der Waals surface area (Å²) in [6.45, 7) is 4.10. The summed E-state index contributed by atoms with van der Waals surface area (Å²) in [7, 11) is 0. The molecule has 4 aromatic carbocycles. The number of carbonyl (C=O) groups is 1. The predicted octanol–water partition coefficient (Wildman–Crippen LogP) is 6.35. The molecular formula is C25H20O. The van der Waals surface area contributed by atoms with E-state index in [1.165, 1.54) is 5.56 Å². The van der Waals surface area contributed by atoms with Crippen LogP contribution in [0, 0.1) is 13.8 Å². The maximum absolute atomic E-state index is 13.4. The lowest BCUT2D eigenvalue weighted by Gasteiger charge is -2.13. The third kappa shape index (κ3) is 2.93. The summed E-state index contributed by atoms with van der Waals surface area (Å²) in [4.78, 5) is 13.4. The van der Waals surface area contributed by atoms with E-state index in [2.05, 4.69) is 49.4 Å². The van der Waals surface area contributed by atoms with Crippen LogP contribution in [0.3, 0.4) is 0 Å².